The fourth-order valence-corrected chi connectivity index (χ4v) is 3.08. The Morgan fingerprint density at radius 1 is 1.32 bits per heavy atom. The molecule has 1 aromatic carbocycles. The molecule has 4 heteroatoms. The quantitative estimate of drug-likeness (QED) is 0.858. The Kier molecular flexibility index (Phi) is 3.77. The van der Waals surface area contributed by atoms with Gasteiger partial charge in [-0.15, -0.1) is 0 Å². The lowest BCUT2D eigenvalue weighted by Gasteiger charge is -2.32. The monoisotopic (exact) mass is 299 g/mol. The summed E-state index contributed by atoms with van der Waals surface area (Å²) in [6.07, 6.45) is 4.17. The summed E-state index contributed by atoms with van der Waals surface area (Å²) in [6, 6.07) is 7.82. The molecule has 0 bridgehead atoms. The number of hydrogen-bond donors (Lipinski definition) is 0. The number of carbonyl (C=O) groups is 1. The third-order valence-electron chi connectivity index (χ3n) is 4.75. The zero-order valence-electron chi connectivity index (χ0n) is 13.3. The van der Waals surface area contributed by atoms with Crippen LogP contribution in [0.15, 0.2) is 41.1 Å². The van der Waals surface area contributed by atoms with Crippen LogP contribution in [0.4, 0.5) is 0 Å². The van der Waals surface area contributed by atoms with Crippen LogP contribution in [0.25, 0.3) is 0 Å². The molecule has 116 valence electrons. The SMILES string of the molecule is COc1ccc(C2=NOC(C)(C3CC=C(C)C(=O)C3)C2)cc1. The fourth-order valence-electron chi connectivity index (χ4n) is 3.08. The van der Waals surface area contributed by atoms with Crippen LogP contribution in [0.2, 0.25) is 0 Å². The van der Waals surface area contributed by atoms with Crippen LogP contribution in [0, 0.1) is 5.92 Å². The number of hydrogen-bond acceptors (Lipinski definition) is 4. The van der Waals surface area contributed by atoms with E-state index in [-0.39, 0.29) is 11.7 Å². The molecule has 1 aliphatic heterocycles. The maximum atomic E-state index is 12.0. The molecule has 0 amide bonds. The van der Waals surface area contributed by atoms with E-state index in [0.717, 1.165) is 35.4 Å². The largest absolute Gasteiger partial charge is 0.497 e. The second-order valence-corrected chi connectivity index (χ2v) is 6.29. The molecule has 4 nitrogen and oxygen atoms in total. The van der Waals surface area contributed by atoms with E-state index in [2.05, 4.69) is 12.1 Å². The predicted molar refractivity (Wildman–Crippen MR) is 85.1 cm³/mol. The highest BCUT2D eigenvalue weighted by molar-refractivity contribution is 6.02. The van der Waals surface area contributed by atoms with E-state index in [4.69, 9.17) is 9.57 Å². The van der Waals surface area contributed by atoms with Gasteiger partial charge in [0.25, 0.3) is 0 Å². The molecule has 0 saturated carbocycles. The number of methoxy groups -OCH3 is 1. The Morgan fingerprint density at radius 2 is 2.05 bits per heavy atom. The van der Waals surface area contributed by atoms with Crippen molar-refractivity contribution in [3.63, 3.8) is 0 Å². The Bertz CT molecular complexity index is 645. The Balaban J connectivity index is 1.73. The second-order valence-electron chi connectivity index (χ2n) is 6.29. The average molecular weight is 299 g/mol. The van der Waals surface area contributed by atoms with Crippen LogP contribution in [0.5, 0.6) is 5.75 Å². The maximum absolute atomic E-state index is 12.0. The van der Waals surface area contributed by atoms with Crippen LogP contribution in [0.1, 0.15) is 38.7 Å². The van der Waals surface area contributed by atoms with Crippen molar-refractivity contribution in [2.75, 3.05) is 7.11 Å². The number of Topliss-reactive ketones (excluding diaryl/α,β-unsaturated/α-hetero) is 1. The van der Waals surface area contributed by atoms with Crippen molar-refractivity contribution in [1.82, 2.24) is 0 Å². The lowest BCUT2D eigenvalue weighted by atomic mass is 9.75. The lowest BCUT2D eigenvalue weighted by Crippen LogP contribution is -2.37. The minimum atomic E-state index is -0.401. The van der Waals surface area contributed by atoms with Gasteiger partial charge >= 0.3 is 0 Å². The Hall–Kier alpha value is -2.10. The number of nitrogens with zero attached hydrogens (tertiary/aromatic N) is 1. The van der Waals surface area contributed by atoms with Gasteiger partial charge in [0.1, 0.15) is 11.4 Å². The topological polar surface area (TPSA) is 47.9 Å². The lowest BCUT2D eigenvalue weighted by molar-refractivity contribution is -0.121. The van der Waals surface area contributed by atoms with E-state index >= 15 is 0 Å². The molecular formula is C18H21NO3. The number of rotatable bonds is 3. The van der Waals surface area contributed by atoms with Crippen LogP contribution < -0.4 is 4.74 Å². The zero-order chi connectivity index (χ0) is 15.7. The van der Waals surface area contributed by atoms with Crippen molar-refractivity contribution < 1.29 is 14.4 Å². The molecule has 0 aromatic heterocycles. The summed E-state index contributed by atoms with van der Waals surface area (Å²) in [4.78, 5) is 17.7. The molecule has 0 N–H and O–H groups in total. The van der Waals surface area contributed by atoms with Gasteiger partial charge in [0.05, 0.1) is 12.8 Å². The van der Waals surface area contributed by atoms with Crippen LogP contribution in [0.3, 0.4) is 0 Å². The first kappa shape index (κ1) is 14.8. The molecule has 1 heterocycles. The third-order valence-corrected chi connectivity index (χ3v) is 4.75. The molecule has 1 aliphatic carbocycles. The fraction of sp³-hybridized carbons (Fsp3) is 0.444. The van der Waals surface area contributed by atoms with Gasteiger partial charge in [-0.3, -0.25) is 4.79 Å². The second kappa shape index (κ2) is 5.59. The molecule has 0 radical (unpaired) electrons. The molecule has 1 aromatic rings. The minimum absolute atomic E-state index is 0.184. The van der Waals surface area contributed by atoms with Crippen LogP contribution in [-0.4, -0.2) is 24.2 Å². The van der Waals surface area contributed by atoms with Gasteiger partial charge in [0, 0.05) is 18.8 Å². The third kappa shape index (κ3) is 2.65. The highest BCUT2D eigenvalue weighted by Gasteiger charge is 2.43. The molecular weight excluding hydrogens is 278 g/mol. The summed E-state index contributed by atoms with van der Waals surface area (Å²) in [5.74, 6) is 1.23. The van der Waals surface area contributed by atoms with Crippen molar-refractivity contribution >= 4 is 11.5 Å². The minimum Gasteiger partial charge on any atom is -0.497 e. The summed E-state index contributed by atoms with van der Waals surface area (Å²) in [6.45, 7) is 3.94. The summed E-state index contributed by atoms with van der Waals surface area (Å²) in [7, 11) is 1.65. The molecule has 2 atom stereocenters. The van der Waals surface area contributed by atoms with Crippen molar-refractivity contribution in [3.05, 3.63) is 41.5 Å². The van der Waals surface area contributed by atoms with Crippen LogP contribution >= 0.6 is 0 Å². The van der Waals surface area contributed by atoms with Crippen molar-refractivity contribution in [3.8, 4) is 5.75 Å². The standard InChI is InChI=1S/C18H21NO3/c1-12-4-7-14(10-17(12)20)18(2)11-16(19-22-18)13-5-8-15(21-3)9-6-13/h4-6,8-9,14H,7,10-11H2,1-3H3. The van der Waals surface area contributed by atoms with Crippen LogP contribution in [-0.2, 0) is 9.63 Å². The van der Waals surface area contributed by atoms with E-state index in [1.165, 1.54) is 0 Å². The number of oxime groups is 1. The molecule has 0 saturated heterocycles. The van der Waals surface area contributed by atoms with Gasteiger partial charge in [0.15, 0.2) is 5.78 Å². The Morgan fingerprint density at radius 3 is 2.68 bits per heavy atom. The number of allylic oxidation sites excluding steroid dienone is 2. The number of benzene rings is 1. The summed E-state index contributed by atoms with van der Waals surface area (Å²) >= 11 is 0. The highest BCUT2D eigenvalue weighted by Crippen LogP contribution is 2.39. The Labute approximate surface area is 130 Å². The molecule has 0 fully saturated rings. The van der Waals surface area contributed by atoms with E-state index in [1.54, 1.807) is 7.11 Å². The van der Waals surface area contributed by atoms with Gasteiger partial charge in [-0.2, -0.15) is 0 Å². The number of ether oxygens (including phenoxy) is 1. The van der Waals surface area contributed by atoms with E-state index in [0.29, 0.717) is 6.42 Å². The van der Waals surface area contributed by atoms with E-state index in [9.17, 15) is 4.79 Å². The van der Waals surface area contributed by atoms with Crippen molar-refractivity contribution in [1.29, 1.82) is 0 Å². The smallest absolute Gasteiger partial charge is 0.158 e. The van der Waals surface area contributed by atoms with Gasteiger partial charge in [-0.1, -0.05) is 11.2 Å². The summed E-state index contributed by atoms with van der Waals surface area (Å²) in [5.41, 5.74) is 2.44. The molecule has 0 spiro atoms. The first-order valence-corrected chi connectivity index (χ1v) is 7.61. The maximum Gasteiger partial charge on any atom is 0.158 e. The summed E-state index contributed by atoms with van der Waals surface area (Å²) in [5, 5.41) is 4.28. The van der Waals surface area contributed by atoms with Gasteiger partial charge in [-0.05, 0) is 55.7 Å². The predicted octanol–water partition coefficient (Wildman–Crippen LogP) is 3.50. The van der Waals surface area contributed by atoms with E-state index in [1.807, 2.05) is 37.3 Å². The molecule has 22 heavy (non-hydrogen) atoms. The average Bonchev–Trinajstić information content (AvgIpc) is 2.94. The highest BCUT2D eigenvalue weighted by atomic mass is 16.7. The first-order chi connectivity index (χ1) is 10.5. The van der Waals surface area contributed by atoms with Crippen molar-refractivity contribution in [2.24, 2.45) is 11.1 Å². The van der Waals surface area contributed by atoms with Gasteiger partial charge < -0.3 is 9.57 Å². The van der Waals surface area contributed by atoms with Crippen molar-refractivity contribution in [2.45, 2.75) is 38.7 Å². The molecule has 2 unspecified atom stereocenters. The first-order valence-electron chi connectivity index (χ1n) is 7.61. The number of carbonyl (C=O) groups excluding carboxylic acids is 1. The number of ketones is 1. The normalized spacial score (nSPS) is 28.0. The van der Waals surface area contributed by atoms with Gasteiger partial charge in [0.2, 0.25) is 0 Å². The van der Waals surface area contributed by atoms with E-state index < -0.39 is 5.60 Å². The van der Waals surface area contributed by atoms with Gasteiger partial charge in [-0.25, -0.2) is 0 Å². The molecule has 2 aliphatic rings. The molecule has 3 rings (SSSR count). The zero-order valence-corrected chi connectivity index (χ0v) is 13.3. The summed E-state index contributed by atoms with van der Waals surface area (Å²) < 4.78 is 5.17.